The number of carbonyl (C=O) groups excluding carboxylic acids is 1. The van der Waals surface area contributed by atoms with E-state index in [-0.39, 0.29) is 12.5 Å². The maximum atomic E-state index is 12.6. The maximum absolute atomic E-state index is 12.6. The van der Waals surface area contributed by atoms with Gasteiger partial charge in [-0.25, -0.2) is 9.67 Å². The topological polar surface area (TPSA) is 71.2 Å². The van der Waals surface area contributed by atoms with Crippen molar-refractivity contribution >= 4 is 5.91 Å². The second kappa shape index (κ2) is 6.13. The molecule has 1 saturated heterocycles. The minimum Gasteiger partial charge on any atom is -0.389 e. The molecule has 2 rings (SSSR count). The lowest BCUT2D eigenvalue weighted by atomic mass is 10.1. The van der Waals surface area contributed by atoms with E-state index in [1.807, 2.05) is 4.90 Å². The summed E-state index contributed by atoms with van der Waals surface area (Å²) in [5.41, 5.74) is -0.928. The fraction of sp³-hybridized carbons (Fsp3) is 0.800. The molecule has 6 heteroatoms. The van der Waals surface area contributed by atoms with E-state index in [2.05, 4.69) is 23.9 Å². The highest BCUT2D eigenvalue weighted by molar-refractivity contribution is 5.90. The number of hydrogen-bond acceptors (Lipinski definition) is 4. The lowest BCUT2D eigenvalue weighted by Gasteiger charge is -2.19. The van der Waals surface area contributed by atoms with Crippen molar-refractivity contribution in [2.45, 2.75) is 59.1 Å². The summed E-state index contributed by atoms with van der Waals surface area (Å²) < 4.78 is 1.57. The molecule has 1 aromatic rings. The molecule has 0 spiro atoms. The minimum absolute atomic E-state index is 0.0701. The van der Waals surface area contributed by atoms with Gasteiger partial charge >= 0.3 is 0 Å². The molecule has 2 heterocycles. The monoisotopic (exact) mass is 294 g/mol. The van der Waals surface area contributed by atoms with Crippen LogP contribution in [0.5, 0.6) is 0 Å². The Balaban J connectivity index is 2.27. The number of carbonyl (C=O) groups is 1. The van der Waals surface area contributed by atoms with Crippen LogP contribution in [0.3, 0.4) is 0 Å². The number of rotatable bonds is 5. The molecule has 6 nitrogen and oxygen atoms in total. The Bertz CT molecular complexity index is 496. The van der Waals surface area contributed by atoms with Crippen LogP contribution >= 0.6 is 0 Å². The maximum Gasteiger partial charge on any atom is 0.291 e. The van der Waals surface area contributed by atoms with Crippen LogP contribution in [0, 0.1) is 5.92 Å². The third-order valence-corrected chi connectivity index (χ3v) is 3.43. The molecule has 1 amide bonds. The van der Waals surface area contributed by atoms with Crippen molar-refractivity contribution < 1.29 is 9.90 Å². The first-order valence-corrected chi connectivity index (χ1v) is 7.71. The van der Waals surface area contributed by atoms with Crippen molar-refractivity contribution in [2.75, 3.05) is 13.1 Å². The van der Waals surface area contributed by atoms with Gasteiger partial charge < -0.3 is 10.0 Å². The Morgan fingerprint density at radius 2 is 1.95 bits per heavy atom. The zero-order valence-corrected chi connectivity index (χ0v) is 13.5. The summed E-state index contributed by atoms with van der Waals surface area (Å²) in [4.78, 5) is 18.8. The van der Waals surface area contributed by atoms with E-state index >= 15 is 0 Å². The number of hydrogen-bond donors (Lipinski definition) is 1. The van der Waals surface area contributed by atoms with E-state index in [1.165, 1.54) is 0 Å². The van der Waals surface area contributed by atoms with Crippen molar-refractivity contribution in [3.05, 3.63) is 11.6 Å². The molecule has 0 saturated carbocycles. The van der Waals surface area contributed by atoms with Gasteiger partial charge in [-0.1, -0.05) is 13.8 Å². The first-order chi connectivity index (χ1) is 9.76. The van der Waals surface area contributed by atoms with Gasteiger partial charge in [-0.2, -0.15) is 5.10 Å². The van der Waals surface area contributed by atoms with Gasteiger partial charge in [-0.3, -0.25) is 4.79 Å². The number of aromatic nitrogens is 3. The molecular weight excluding hydrogens is 268 g/mol. The Labute approximate surface area is 126 Å². The van der Waals surface area contributed by atoms with Gasteiger partial charge in [0.15, 0.2) is 5.82 Å². The molecule has 1 aliphatic rings. The van der Waals surface area contributed by atoms with Crippen LogP contribution < -0.4 is 0 Å². The second-order valence-corrected chi connectivity index (χ2v) is 6.92. The zero-order chi connectivity index (χ0) is 15.6. The van der Waals surface area contributed by atoms with Gasteiger partial charge in [0.25, 0.3) is 5.91 Å². The van der Waals surface area contributed by atoms with E-state index in [9.17, 15) is 9.90 Å². The fourth-order valence-corrected chi connectivity index (χ4v) is 2.54. The van der Waals surface area contributed by atoms with E-state index in [4.69, 9.17) is 0 Å². The van der Waals surface area contributed by atoms with Gasteiger partial charge in [-0.05, 0) is 32.6 Å². The molecule has 0 bridgehead atoms. The van der Waals surface area contributed by atoms with Crippen LogP contribution in [0.2, 0.25) is 0 Å². The smallest absolute Gasteiger partial charge is 0.291 e. The third-order valence-electron chi connectivity index (χ3n) is 3.43. The molecule has 118 valence electrons. The molecule has 21 heavy (non-hydrogen) atoms. The minimum atomic E-state index is -0.928. The Morgan fingerprint density at radius 1 is 1.33 bits per heavy atom. The predicted octanol–water partition coefficient (Wildman–Crippen LogP) is 1.48. The average Bonchev–Trinajstić information content (AvgIpc) is 2.95. The van der Waals surface area contributed by atoms with Crippen LogP contribution in [0.4, 0.5) is 0 Å². The molecule has 0 radical (unpaired) electrons. The standard InChI is InChI=1S/C15H26N4O2/c1-11(2)9-12-16-13(14(20)18-7-5-6-8-18)19(17-12)10-15(3,4)21/h11,21H,5-10H2,1-4H3. The molecule has 1 aromatic heterocycles. The van der Waals surface area contributed by atoms with Crippen molar-refractivity contribution in [3.8, 4) is 0 Å². The molecule has 0 unspecified atom stereocenters. The number of nitrogens with zero attached hydrogens (tertiary/aromatic N) is 4. The summed E-state index contributed by atoms with van der Waals surface area (Å²) >= 11 is 0. The van der Waals surface area contributed by atoms with Crippen LogP contribution in [-0.4, -0.2) is 49.4 Å². The van der Waals surface area contributed by atoms with E-state index < -0.39 is 5.60 Å². The molecule has 0 atom stereocenters. The summed E-state index contributed by atoms with van der Waals surface area (Å²) in [5.74, 6) is 1.39. The quantitative estimate of drug-likeness (QED) is 0.893. The van der Waals surface area contributed by atoms with Gasteiger partial charge in [0.05, 0.1) is 12.1 Å². The molecule has 0 aromatic carbocycles. The predicted molar refractivity (Wildman–Crippen MR) is 80.0 cm³/mol. The summed E-state index contributed by atoms with van der Waals surface area (Å²) in [5, 5.41) is 14.4. The van der Waals surface area contributed by atoms with Crippen LogP contribution in [0.25, 0.3) is 0 Å². The van der Waals surface area contributed by atoms with Gasteiger partial charge in [-0.15, -0.1) is 0 Å². The first-order valence-electron chi connectivity index (χ1n) is 7.71. The normalized spacial score (nSPS) is 16.0. The van der Waals surface area contributed by atoms with Crippen molar-refractivity contribution in [2.24, 2.45) is 5.92 Å². The van der Waals surface area contributed by atoms with Gasteiger partial charge in [0, 0.05) is 19.5 Å². The van der Waals surface area contributed by atoms with E-state index in [1.54, 1.807) is 18.5 Å². The molecule has 1 aliphatic heterocycles. The summed E-state index contributed by atoms with van der Waals surface area (Å²) in [6, 6.07) is 0. The summed E-state index contributed by atoms with van der Waals surface area (Å²) in [7, 11) is 0. The van der Waals surface area contributed by atoms with Crippen LogP contribution in [0.1, 0.15) is 57.0 Å². The highest BCUT2D eigenvalue weighted by Crippen LogP contribution is 2.15. The van der Waals surface area contributed by atoms with Gasteiger partial charge in [0.1, 0.15) is 0 Å². The zero-order valence-electron chi connectivity index (χ0n) is 13.5. The van der Waals surface area contributed by atoms with Crippen LogP contribution in [-0.2, 0) is 13.0 Å². The molecule has 0 aliphatic carbocycles. The molecule has 1 N–H and O–H groups in total. The molecule has 1 fully saturated rings. The number of likely N-dealkylation sites (tertiary alicyclic amines) is 1. The average molecular weight is 294 g/mol. The Kier molecular flexibility index (Phi) is 4.66. The lowest BCUT2D eigenvalue weighted by molar-refractivity contribution is 0.0545. The van der Waals surface area contributed by atoms with Crippen LogP contribution in [0.15, 0.2) is 0 Å². The van der Waals surface area contributed by atoms with Crippen molar-refractivity contribution in [1.82, 2.24) is 19.7 Å². The van der Waals surface area contributed by atoms with Gasteiger partial charge in [0.2, 0.25) is 5.82 Å². The first kappa shape index (κ1) is 15.9. The lowest BCUT2D eigenvalue weighted by Crippen LogP contribution is -2.34. The second-order valence-electron chi connectivity index (χ2n) is 6.92. The van der Waals surface area contributed by atoms with E-state index in [0.717, 1.165) is 32.4 Å². The third kappa shape index (κ3) is 4.27. The molecular formula is C15H26N4O2. The van der Waals surface area contributed by atoms with Crippen molar-refractivity contribution in [1.29, 1.82) is 0 Å². The largest absolute Gasteiger partial charge is 0.389 e. The summed E-state index contributed by atoms with van der Waals surface area (Å²) in [6.07, 6.45) is 2.83. The number of aliphatic hydroxyl groups is 1. The number of amides is 1. The van der Waals surface area contributed by atoms with Crippen molar-refractivity contribution in [3.63, 3.8) is 0 Å². The fourth-order valence-electron chi connectivity index (χ4n) is 2.54. The Morgan fingerprint density at radius 3 is 2.48 bits per heavy atom. The SMILES string of the molecule is CC(C)Cc1nc(C(=O)N2CCCC2)n(CC(C)(C)O)n1. The highest BCUT2D eigenvalue weighted by atomic mass is 16.3. The Hall–Kier alpha value is -1.43. The summed E-state index contributed by atoms with van der Waals surface area (Å²) in [6.45, 7) is 9.45. The van der Waals surface area contributed by atoms with E-state index in [0.29, 0.717) is 17.6 Å². The highest BCUT2D eigenvalue weighted by Gasteiger charge is 2.27.